The Labute approximate surface area is 220 Å². The predicted molar refractivity (Wildman–Crippen MR) is 154 cm³/mol. The number of ether oxygens (including phenoxy) is 1. The molecule has 0 saturated carbocycles. The Morgan fingerprint density at radius 3 is 1.74 bits per heavy atom. The normalized spacial score (nSPS) is 21.1. The summed E-state index contributed by atoms with van der Waals surface area (Å²) in [6, 6.07) is 1.70. The maximum atomic E-state index is 12.0. The largest absolute Gasteiger partial charge is 0.437 e. The van der Waals surface area contributed by atoms with E-state index in [1.807, 2.05) is 0 Å². The summed E-state index contributed by atoms with van der Waals surface area (Å²) in [5, 5.41) is 0. The highest BCUT2D eigenvalue weighted by Crippen LogP contribution is 2.33. The lowest BCUT2D eigenvalue weighted by Crippen LogP contribution is -2.60. The molecule has 0 amide bonds. The lowest BCUT2D eigenvalue weighted by atomic mass is 10.0. The van der Waals surface area contributed by atoms with Gasteiger partial charge in [0, 0.05) is 0 Å². The summed E-state index contributed by atoms with van der Waals surface area (Å²) >= 11 is 0. The van der Waals surface area contributed by atoms with Gasteiger partial charge in [0.25, 0.3) is 0 Å². The predicted octanol–water partition coefficient (Wildman–Crippen LogP) is 7.02. The average molecular weight is 581 g/mol. The van der Waals surface area contributed by atoms with E-state index in [0.29, 0.717) is 6.42 Å². The van der Waals surface area contributed by atoms with Crippen molar-refractivity contribution < 1.29 is 30.8 Å². The molecule has 1 rings (SSSR count). The second-order valence-corrected chi connectivity index (χ2v) is 32.7. The van der Waals surface area contributed by atoms with Crippen molar-refractivity contribution in [1.82, 2.24) is 0 Å². The quantitative estimate of drug-likeness (QED) is 0.0791. The molecule has 206 valence electrons. The lowest BCUT2D eigenvalue weighted by molar-refractivity contribution is -0.153. The van der Waals surface area contributed by atoms with Gasteiger partial charge < -0.3 is 21.2 Å². The lowest BCUT2D eigenvalue weighted by Gasteiger charge is -2.44. The number of rotatable bonds is 17. The third-order valence-corrected chi connectivity index (χ3v) is 23.9. The van der Waals surface area contributed by atoms with Crippen LogP contribution in [0.1, 0.15) is 51.9 Å². The van der Waals surface area contributed by atoms with Crippen LogP contribution in [0.3, 0.4) is 0 Å². The van der Waals surface area contributed by atoms with E-state index in [4.69, 9.17) is 21.2 Å². The Hall–Kier alpha value is 0.0644. The molecule has 0 aromatic heterocycles. The fraction of sp³-hybridized carbons (Fsp3) is 0.913. The molecule has 3 unspecified atom stereocenters. The molecule has 0 radical (unpaired) electrons. The Balaban J connectivity index is 3.10. The maximum Gasteiger partial charge on any atom is 0.317 e. The average Bonchev–Trinajstić information content (AvgIpc) is 2.91. The maximum absolute atomic E-state index is 12.0. The fourth-order valence-electron chi connectivity index (χ4n) is 4.91. The van der Waals surface area contributed by atoms with Crippen molar-refractivity contribution in [3.8, 4) is 0 Å². The second kappa shape index (κ2) is 13.2. The summed E-state index contributed by atoms with van der Waals surface area (Å²) in [5.41, 5.74) is 0. The highest BCUT2D eigenvalue weighted by molar-refractivity contribution is 6.90. The topological polar surface area (TPSA) is 80.3 Å². The number of esters is 2. The van der Waals surface area contributed by atoms with Crippen LogP contribution < -0.4 is 0 Å². The number of hydrogen-bond acceptors (Lipinski definition) is 7. The zero-order chi connectivity index (χ0) is 27.1. The summed E-state index contributed by atoms with van der Waals surface area (Å²) in [4.78, 5) is 23.5. The third-order valence-electron chi connectivity index (χ3n) is 5.60. The van der Waals surface area contributed by atoms with Gasteiger partial charge in [-0.1, -0.05) is 39.0 Å². The van der Waals surface area contributed by atoms with Crippen LogP contribution in [0, 0.1) is 5.92 Å². The van der Waals surface area contributed by atoms with Crippen molar-refractivity contribution >= 4 is 54.3 Å². The first-order valence-electron chi connectivity index (χ1n) is 13.3. The molecular formula is C23H52O7Si5. The summed E-state index contributed by atoms with van der Waals surface area (Å²) in [6.07, 6.45) is 6.26. The van der Waals surface area contributed by atoms with Crippen molar-refractivity contribution in [3.05, 3.63) is 0 Å². The van der Waals surface area contributed by atoms with Crippen molar-refractivity contribution in [1.29, 1.82) is 0 Å². The van der Waals surface area contributed by atoms with E-state index in [2.05, 4.69) is 72.4 Å². The van der Waals surface area contributed by atoms with Crippen LogP contribution in [-0.2, 0) is 30.8 Å². The molecule has 1 aliphatic rings. The molecule has 1 fully saturated rings. The number of carbonyl (C=O) groups is 2. The van der Waals surface area contributed by atoms with Crippen molar-refractivity contribution in [2.24, 2.45) is 5.92 Å². The highest BCUT2D eigenvalue weighted by Gasteiger charge is 2.49. The molecule has 0 spiro atoms. The summed E-state index contributed by atoms with van der Waals surface area (Å²) < 4.78 is 32.1. The Morgan fingerprint density at radius 2 is 1.26 bits per heavy atom. The van der Waals surface area contributed by atoms with Gasteiger partial charge in [0.2, 0.25) is 0 Å². The van der Waals surface area contributed by atoms with Crippen LogP contribution in [-0.4, -0.2) is 54.3 Å². The number of cyclic esters (lactones) is 2. The minimum Gasteiger partial charge on any atom is -0.437 e. The van der Waals surface area contributed by atoms with E-state index in [9.17, 15) is 9.59 Å². The second-order valence-electron chi connectivity index (χ2n) is 12.7. The minimum atomic E-state index is -2.72. The highest BCUT2D eigenvalue weighted by atomic mass is 28.5. The monoisotopic (exact) mass is 580 g/mol. The van der Waals surface area contributed by atoms with Crippen LogP contribution in [0.15, 0.2) is 0 Å². The van der Waals surface area contributed by atoms with Crippen LogP contribution in [0.25, 0.3) is 0 Å². The standard InChI is InChI=1S/C23H52O7Si5/c1-12-13-14-15-18-34(10,28-32(5,6)7)30-35(11,29-33(8,9)27-31(2,3)4)19-16-17-21-20-22(24)26-23(21)25/h21H,12-20H2,1-11H3. The van der Waals surface area contributed by atoms with Gasteiger partial charge in [-0.15, -0.1) is 0 Å². The van der Waals surface area contributed by atoms with Gasteiger partial charge in [-0.25, -0.2) is 0 Å². The Kier molecular flexibility index (Phi) is 12.5. The van der Waals surface area contributed by atoms with Gasteiger partial charge in [0.15, 0.2) is 16.6 Å². The molecule has 35 heavy (non-hydrogen) atoms. The van der Waals surface area contributed by atoms with E-state index in [1.54, 1.807) is 0 Å². The molecular weight excluding hydrogens is 529 g/mol. The molecule has 1 aliphatic heterocycles. The molecule has 1 heterocycles. The van der Waals surface area contributed by atoms with Crippen LogP contribution >= 0.6 is 0 Å². The first-order valence-corrected chi connectivity index (χ1v) is 28.0. The van der Waals surface area contributed by atoms with Gasteiger partial charge in [-0.2, -0.15) is 0 Å². The van der Waals surface area contributed by atoms with Crippen molar-refractivity contribution in [2.75, 3.05) is 0 Å². The Bertz CT molecular complexity index is 707. The van der Waals surface area contributed by atoms with Crippen molar-refractivity contribution in [3.63, 3.8) is 0 Å². The fourth-order valence-corrected chi connectivity index (χ4v) is 28.8. The summed E-state index contributed by atoms with van der Waals surface area (Å²) in [7, 11) is -11.3. The molecule has 0 aromatic rings. The summed E-state index contributed by atoms with van der Waals surface area (Å²) in [6.45, 7) is 24.1. The van der Waals surface area contributed by atoms with Crippen LogP contribution in [0.4, 0.5) is 0 Å². The van der Waals surface area contributed by atoms with Crippen LogP contribution in [0.2, 0.25) is 77.6 Å². The van der Waals surface area contributed by atoms with Gasteiger partial charge in [-0.3, -0.25) is 9.59 Å². The molecule has 12 heteroatoms. The molecule has 0 N–H and O–H groups in total. The molecule has 7 nitrogen and oxygen atoms in total. The van der Waals surface area contributed by atoms with E-state index in [-0.39, 0.29) is 12.3 Å². The molecule has 1 saturated heterocycles. The molecule has 0 bridgehead atoms. The first-order chi connectivity index (χ1) is 15.8. The van der Waals surface area contributed by atoms with E-state index < -0.39 is 54.3 Å². The van der Waals surface area contributed by atoms with E-state index in [0.717, 1.165) is 24.9 Å². The van der Waals surface area contributed by atoms with Crippen LogP contribution in [0.5, 0.6) is 0 Å². The Morgan fingerprint density at radius 1 is 0.714 bits per heavy atom. The number of unbranched alkanes of at least 4 members (excludes halogenated alkanes) is 3. The summed E-state index contributed by atoms with van der Waals surface area (Å²) in [5.74, 6) is -1.16. The molecule has 0 aromatic carbocycles. The van der Waals surface area contributed by atoms with Gasteiger partial charge >= 0.3 is 37.6 Å². The van der Waals surface area contributed by atoms with Gasteiger partial charge in [0.1, 0.15) is 0 Å². The van der Waals surface area contributed by atoms with E-state index in [1.165, 1.54) is 19.3 Å². The minimum absolute atomic E-state index is 0.181. The molecule has 0 aliphatic carbocycles. The van der Waals surface area contributed by atoms with Gasteiger partial charge in [0.05, 0.1) is 12.3 Å². The number of carbonyl (C=O) groups excluding carboxylic acids is 2. The van der Waals surface area contributed by atoms with E-state index >= 15 is 0 Å². The molecule has 3 atom stereocenters. The zero-order valence-electron chi connectivity index (χ0n) is 24.3. The number of hydrogen-bond donors (Lipinski definition) is 0. The zero-order valence-corrected chi connectivity index (χ0v) is 29.3. The smallest absolute Gasteiger partial charge is 0.317 e. The van der Waals surface area contributed by atoms with Gasteiger partial charge in [-0.05, 0) is 84.0 Å². The first kappa shape index (κ1) is 33.1. The van der Waals surface area contributed by atoms with Crippen molar-refractivity contribution in [2.45, 2.75) is 129 Å². The SMILES string of the molecule is CCCCCC[Si](C)(O[Si](C)(C)C)O[Si](C)(CCCC1CC(=O)OC1=O)O[Si](C)(C)O[Si](C)(C)C. The third kappa shape index (κ3) is 14.0.